The molecular weight excluding hydrogens is 308 g/mol. The van der Waals surface area contributed by atoms with Crippen LogP contribution in [0.25, 0.3) is 0 Å². The molecule has 1 atom stereocenters. The fourth-order valence-corrected chi connectivity index (χ4v) is 4.33. The molecule has 3 nitrogen and oxygen atoms in total. The highest BCUT2D eigenvalue weighted by Crippen LogP contribution is 2.37. The number of rotatable bonds is 3. The molecule has 6 heteroatoms. The van der Waals surface area contributed by atoms with E-state index in [0.717, 1.165) is 29.7 Å². The number of aryl methyl sites for hydroxylation is 1. The van der Waals surface area contributed by atoms with E-state index in [-0.39, 0.29) is 6.04 Å². The molecule has 0 heterocycles. The summed E-state index contributed by atoms with van der Waals surface area (Å²) in [6.45, 7) is 0. The van der Waals surface area contributed by atoms with E-state index in [9.17, 15) is 17.2 Å². The van der Waals surface area contributed by atoms with Crippen LogP contribution in [0, 0.1) is 11.6 Å². The third kappa shape index (κ3) is 2.42. The molecule has 0 amide bonds. The summed E-state index contributed by atoms with van der Waals surface area (Å²) in [6.07, 6.45) is 1.44. The lowest BCUT2D eigenvalue weighted by atomic mass is 10.1. The summed E-state index contributed by atoms with van der Waals surface area (Å²) in [7, 11) is -2.59. The molecule has 0 aromatic heterocycles. The molecule has 0 bridgehead atoms. The van der Waals surface area contributed by atoms with Gasteiger partial charge in [-0.25, -0.2) is 17.2 Å². The van der Waals surface area contributed by atoms with E-state index in [1.807, 2.05) is 24.3 Å². The fraction of sp³-hybridized carbons (Fsp3) is 0.250. The highest BCUT2D eigenvalue weighted by Gasteiger charge is 2.34. The maximum Gasteiger partial charge on any atom is 0.246 e. The first-order valence-electron chi connectivity index (χ1n) is 6.92. The Labute approximate surface area is 128 Å². The van der Waals surface area contributed by atoms with Crippen LogP contribution in [0.2, 0.25) is 0 Å². The topological polar surface area (TPSA) is 37.4 Å². The molecule has 0 fully saturated rings. The zero-order valence-electron chi connectivity index (χ0n) is 12.0. The number of halogens is 2. The molecule has 3 rings (SSSR count). The van der Waals surface area contributed by atoms with Gasteiger partial charge in [0.1, 0.15) is 16.5 Å². The second kappa shape index (κ2) is 5.44. The van der Waals surface area contributed by atoms with Gasteiger partial charge in [0.2, 0.25) is 10.0 Å². The van der Waals surface area contributed by atoms with Gasteiger partial charge >= 0.3 is 0 Å². The van der Waals surface area contributed by atoms with Crippen molar-refractivity contribution < 1.29 is 17.2 Å². The number of benzene rings is 2. The molecule has 0 aliphatic heterocycles. The molecule has 0 saturated heterocycles. The van der Waals surface area contributed by atoms with Crippen molar-refractivity contribution in [1.82, 2.24) is 4.31 Å². The Morgan fingerprint density at radius 1 is 1.14 bits per heavy atom. The molecule has 22 heavy (non-hydrogen) atoms. The van der Waals surface area contributed by atoms with Crippen molar-refractivity contribution in [2.45, 2.75) is 23.8 Å². The largest absolute Gasteiger partial charge is 0.246 e. The summed E-state index contributed by atoms with van der Waals surface area (Å²) in [6, 6.07) is 9.80. The SMILES string of the molecule is CN(C1CCc2ccccc21)S(=O)(=O)c1ccc(F)cc1F. The highest BCUT2D eigenvalue weighted by molar-refractivity contribution is 7.89. The Balaban J connectivity index is 2.00. The van der Waals surface area contributed by atoms with Crippen LogP contribution >= 0.6 is 0 Å². The molecule has 1 unspecified atom stereocenters. The van der Waals surface area contributed by atoms with Gasteiger partial charge in [-0.05, 0) is 36.1 Å². The van der Waals surface area contributed by atoms with Crippen molar-refractivity contribution in [2.75, 3.05) is 7.05 Å². The minimum Gasteiger partial charge on any atom is -0.207 e. The van der Waals surface area contributed by atoms with Gasteiger partial charge in [0.05, 0.1) is 6.04 Å². The summed E-state index contributed by atoms with van der Waals surface area (Å²) in [5.74, 6) is -1.87. The average Bonchev–Trinajstić information content (AvgIpc) is 2.89. The summed E-state index contributed by atoms with van der Waals surface area (Å²) in [5.41, 5.74) is 2.05. The molecule has 116 valence electrons. The summed E-state index contributed by atoms with van der Waals surface area (Å²) < 4.78 is 53.3. The third-order valence-electron chi connectivity index (χ3n) is 4.09. The van der Waals surface area contributed by atoms with E-state index < -0.39 is 26.6 Å². The monoisotopic (exact) mass is 323 g/mol. The first kappa shape index (κ1) is 15.1. The van der Waals surface area contributed by atoms with Crippen LogP contribution in [0.1, 0.15) is 23.6 Å². The molecular formula is C16H15F2NO2S. The predicted octanol–water partition coefficient (Wildman–Crippen LogP) is 3.27. The molecule has 0 spiro atoms. The number of hydrogen-bond donors (Lipinski definition) is 0. The first-order chi connectivity index (χ1) is 10.4. The van der Waals surface area contributed by atoms with Gasteiger partial charge < -0.3 is 0 Å². The van der Waals surface area contributed by atoms with Crippen molar-refractivity contribution in [3.63, 3.8) is 0 Å². The highest BCUT2D eigenvalue weighted by atomic mass is 32.2. The fourth-order valence-electron chi connectivity index (χ4n) is 2.92. The van der Waals surface area contributed by atoms with Crippen molar-refractivity contribution in [3.8, 4) is 0 Å². The van der Waals surface area contributed by atoms with Gasteiger partial charge in [-0.1, -0.05) is 24.3 Å². The smallest absolute Gasteiger partial charge is 0.207 e. The summed E-state index contributed by atoms with van der Waals surface area (Å²) in [5, 5.41) is 0. The van der Waals surface area contributed by atoms with Crippen molar-refractivity contribution in [2.24, 2.45) is 0 Å². The Hall–Kier alpha value is -1.79. The van der Waals surface area contributed by atoms with Gasteiger partial charge in [-0.3, -0.25) is 0 Å². The van der Waals surface area contributed by atoms with Gasteiger partial charge in [0, 0.05) is 13.1 Å². The van der Waals surface area contributed by atoms with Crippen LogP contribution in [0.3, 0.4) is 0 Å². The van der Waals surface area contributed by atoms with Crippen LogP contribution in [-0.2, 0) is 16.4 Å². The van der Waals surface area contributed by atoms with Crippen molar-refractivity contribution in [1.29, 1.82) is 0 Å². The van der Waals surface area contributed by atoms with Crippen LogP contribution in [0.15, 0.2) is 47.4 Å². The quantitative estimate of drug-likeness (QED) is 0.869. The van der Waals surface area contributed by atoms with E-state index in [2.05, 4.69) is 0 Å². The number of fused-ring (bicyclic) bond motifs is 1. The van der Waals surface area contributed by atoms with Crippen LogP contribution < -0.4 is 0 Å². The molecule has 2 aromatic carbocycles. The molecule has 0 N–H and O–H groups in total. The Kier molecular flexibility index (Phi) is 3.74. The second-order valence-corrected chi connectivity index (χ2v) is 7.32. The Morgan fingerprint density at radius 3 is 2.59 bits per heavy atom. The van der Waals surface area contributed by atoms with Crippen molar-refractivity contribution in [3.05, 3.63) is 65.2 Å². The maximum absolute atomic E-state index is 13.8. The summed E-state index contributed by atoms with van der Waals surface area (Å²) >= 11 is 0. The van der Waals surface area contributed by atoms with E-state index >= 15 is 0 Å². The predicted molar refractivity (Wildman–Crippen MR) is 78.8 cm³/mol. The molecule has 0 saturated carbocycles. The normalized spacial score (nSPS) is 17.7. The van der Waals surface area contributed by atoms with Crippen LogP contribution in [-0.4, -0.2) is 19.8 Å². The molecule has 1 aliphatic carbocycles. The van der Waals surface area contributed by atoms with Gasteiger partial charge in [0.15, 0.2) is 0 Å². The van der Waals surface area contributed by atoms with E-state index in [1.54, 1.807) is 0 Å². The minimum atomic E-state index is -4.02. The van der Waals surface area contributed by atoms with Gasteiger partial charge in [0.25, 0.3) is 0 Å². The molecule has 2 aromatic rings. The maximum atomic E-state index is 13.8. The van der Waals surface area contributed by atoms with E-state index in [4.69, 9.17) is 0 Å². The second-order valence-electron chi connectivity index (χ2n) is 5.35. The Morgan fingerprint density at radius 2 is 1.86 bits per heavy atom. The standard InChI is InChI=1S/C16H15F2NO2S/c1-19(15-8-6-11-4-2-3-5-13(11)15)22(20,21)16-9-7-12(17)10-14(16)18/h2-5,7,9-10,15H,6,8H2,1H3. The van der Waals surface area contributed by atoms with Crippen LogP contribution in [0.5, 0.6) is 0 Å². The molecule has 1 aliphatic rings. The number of nitrogens with zero attached hydrogens (tertiary/aromatic N) is 1. The zero-order valence-corrected chi connectivity index (χ0v) is 12.8. The van der Waals surface area contributed by atoms with E-state index in [1.165, 1.54) is 11.4 Å². The Bertz CT molecular complexity index is 821. The lowest BCUT2D eigenvalue weighted by Gasteiger charge is -2.25. The molecule has 0 radical (unpaired) electrons. The zero-order chi connectivity index (χ0) is 15.9. The third-order valence-corrected chi connectivity index (χ3v) is 5.99. The lowest BCUT2D eigenvalue weighted by molar-refractivity contribution is 0.372. The number of hydrogen-bond acceptors (Lipinski definition) is 2. The van der Waals surface area contributed by atoms with Crippen molar-refractivity contribution >= 4 is 10.0 Å². The van der Waals surface area contributed by atoms with Gasteiger partial charge in [-0.2, -0.15) is 4.31 Å². The number of sulfonamides is 1. The van der Waals surface area contributed by atoms with Gasteiger partial charge in [-0.15, -0.1) is 0 Å². The average molecular weight is 323 g/mol. The lowest BCUT2D eigenvalue weighted by Crippen LogP contribution is -2.30. The summed E-state index contributed by atoms with van der Waals surface area (Å²) in [4.78, 5) is -0.499. The minimum absolute atomic E-state index is 0.328. The van der Waals surface area contributed by atoms with E-state index in [0.29, 0.717) is 12.5 Å². The van der Waals surface area contributed by atoms with Crippen LogP contribution in [0.4, 0.5) is 8.78 Å². The first-order valence-corrected chi connectivity index (χ1v) is 8.36.